The van der Waals surface area contributed by atoms with Crippen LogP contribution in [0.25, 0.3) is 0 Å². The molecule has 0 radical (unpaired) electrons. The molecule has 4 heteroatoms. The first-order valence-electron chi connectivity index (χ1n) is 4.94. The third-order valence-corrected chi connectivity index (χ3v) is 3.71. The second kappa shape index (κ2) is 4.16. The van der Waals surface area contributed by atoms with Crippen molar-refractivity contribution in [3.63, 3.8) is 0 Å². The predicted molar refractivity (Wildman–Crippen MR) is 62.9 cm³/mol. The summed E-state index contributed by atoms with van der Waals surface area (Å²) in [6.45, 7) is 2.10. The van der Waals surface area contributed by atoms with E-state index >= 15 is 0 Å². The first-order valence-corrected chi connectivity index (χ1v) is 5.82. The van der Waals surface area contributed by atoms with Gasteiger partial charge in [0.25, 0.3) is 0 Å². The molecule has 0 spiro atoms. The van der Waals surface area contributed by atoms with Gasteiger partial charge in [0.1, 0.15) is 5.82 Å². The highest BCUT2D eigenvalue weighted by molar-refractivity contribution is 7.10. The van der Waals surface area contributed by atoms with E-state index in [1.165, 1.54) is 10.4 Å². The van der Waals surface area contributed by atoms with Gasteiger partial charge in [0.2, 0.25) is 0 Å². The zero-order chi connectivity index (χ0) is 10.8. The van der Waals surface area contributed by atoms with Crippen molar-refractivity contribution in [1.29, 1.82) is 0 Å². The molecule has 0 bridgehead atoms. The summed E-state index contributed by atoms with van der Waals surface area (Å²) in [5.41, 5.74) is 7.44. The highest BCUT2D eigenvalue weighted by Crippen LogP contribution is 2.24. The van der Waals surface area contributed by atoms with Crippen LogP contribution in [0, 0.1) is 6.92 Å². The molecule has 0 amide bonds. The second-order valence-corrected chi connectivity index (χ2v) is 4.68. The molecule has 1 atom stereocenters. The SMILES string of the molecule is Cc1ccsc1C(N)Cc1nccn1C. The maximum Gasteiger partial charge on any atom is 0.110 e. The van der Waals surface area contributed by atoms with Crippen LogP contribution in [0.5, 0.6) is 0 Å². The fourth-order valence-corrected chi connectivity index (χ4v) is 2.58. The molecule has 15 heavy (non-hydrogen) atoms. The Morgan fingerprint density at radius 1 is 1.60 bits per heavy atom. The van der Waals surface area contributed by atoms with E-state index in [9.17, 15) is 0 Å². The minimum absolute atomic E-state index is 0.0612. The molecule has 0 saturated carbocycles. The van der Waals surface area contributed by atoms with Gasteiger partial charge in [0.15, 0.2) is 0 Å². The predicted octanol–water partition coefficient (Wildman–Crippen LogP) is 2.03. The summed E-state index contributed by atoms with van der Waals surface area (Å²) >= 11 is 1.72. The minimum Gasteiger partial charge on any atom is -0.338 e. The summed E-state index contributed by atoms with van der Waals surface area (Å²) in [6, 6.07) is 2.17. The fraction of sp³-hybridized carbons (Fsp3) is 0.364. The maximum absolute atomic E-state index is 6.16. The summed E-state index contributed by atoms with van der Waals surface area (Å²) in [5, 5.41) is 2.09. The lowest BCUT2D eigenvalue weighted by molar-refractivity contribution is 0.666. The highest BCUT2D eigenvalue weighted by atomic mass is 32.1. The molecule has 80 valence electrons. The first kappa shape index (κ1) is 10.4. The molecule has 2 rings (SSSR count). The van der Waals surface area contributed by atoms with Crippen LogP contribution >= 0.6 is 11.3 Å². The van der Waals surface area contributed by atoms with Crippen LogP contribution in [-0.4, -0.2) is 9.55 Å². The Morgan fingerprint density at radius 3 is 2.93 bits per heavy atom. The van der Waals surface area contributed by atoms with Gasteiger partial charge in [0.05, 0.1) is 0 Å². The lowest BCUT2D eigenvalue weighted by Gasteiger charge is -2.10. The van der Waals surface area contributed by atoms with E-state index in [4.69, 9.17) is 5.73 Å². The molecular formula is C11H15N3S. The molecule has 0 saturated heterocycles. The van der Waals surface area contributed by atoms with Crippen LogP contribution in [0.4, 0.5) is 0 Å². The number of hydrogen-bond donors (Lipinski definition) is 1. The topological polar surface area (TPSA) is 43.8 Å². The smallest absolute Gasteiger partial charge is 0.110 e. The zero-order valence-electron chi connectivity index (χ0n) is 8.97. The number of thiophene rings is 1. The molecule has 2 heterocycles. The number of nitrogens with zero attached hydrogens (tertiary/aromatic N) is 2. The summed E-state index contributed by atoms with van der Waals surface area (Å²) in [4.78, 5) is 5.54. The van der Waals surface area contributed by atoms with Crippen molar-refractivity contribution in [2.24, 2.45) is 12.8 Å². The molecule has 0 aliphatic heterocycles. The van der Waals surface area contributed by atoms with Crippen molar-refractivity contribution < 1.29 is 0 Å². The third kappa shape index (κ3) is 2.11. The van der Waals surface area contributed by atoms with E-state index in [2.05, 4.69) is 23.4 Å². The largest absolute Gasteiger partial charge is 0.338 e. The normalized spacial score (nSPS) is 13.0. The molecule has 0 aliphatic carbocycles. The average Bonchev–Trinajstić information content (AvgIpc) is 2.76. The Morgan fingerprint density at radius 2 is 2.40 bits per heavy atom. The number of imidazole rings is 1. The molecule has 0 aliphatic rings. The molecule has 2 N–H and O–H groups in total. The zero-order valence-corrected chi connectivity index (χ0v) is 9.79. The Labute approximate surface area is 93.6 Å². The van der Waals surface area contributed by atoms with Gasteiger partial charge in [-0.05, 0) is 23.9 Å². The molecule has 2 aromatic heterocycles. The van der Waals surface area contributed by atoms with Crippen molar-refractivity contribution in [2.75, 3.05) is 0 Å². The van der Waals surface area contributed by atoms with Crippen molar-refractivity contribution in [3.8, 4) is 0 Å². The van der Waals surface area contributed by atoms with Crippen molar-refractivity contribution in [1.82, 2.24) is 9.55 Å². The molecule has 0 fully saturated rings. The van der Waals surface area contributed by atoms with Crippen LogP contribution in [0.1, 0.15) is 22.3 Å². The summed E-state index contributed by atoms with van der Waals surface area (Å²) in [5.74, 6) is 1.04. The van der Waals surface area contributed by atoms with E-state index in [0.29, 0.717) is 0 Å². The van der Waals surface area contributed by atoms with Gasteiger partial charge in [-0.1, -0.05) is 0 Å². The standard InChI is InChI=1S/C11H15N3S/c1-8-3-6-15-11(8)9(12)7-10-13-4-5-14(10)2/h3-6,9H,7,12H2,1-2H3. The maximum atomic E-state index is 6.16. The Balaban J connectivity index is 2.14. The second-order valence-electron chi connectivity index (χ2n) is 3.73. The van der Waals surface area contributed by atoms with Gasteiger partial charge in [-0.25, -0.2) is 4.98 Å². The summed E-state index contributed by atoms with van der Waals surface area (Å²) < 4.78 is 2.02. The number of aromatic nitrogens is 2. The Hall–Kier alpha value is -1.13. The van der Waals surface area contributed by atoms with Crippen molar-refractivity contribution in [2.45, 2.75) is 19.4 Å². The lowest BCUT2D eigenvalue weighted by atomic mass is 10.1. The van der Waals surface area contributed by atoms with E-state index in [1.54, 1.807) is 11.3 Å². The van der Waals surface area contributed by atoms with Crippen molar-refractivity contribution >= 4 is 11.3 Å². The van der Waals surface area contributed by atoms with Gasteiger partial charge >= 0.3 is 0 Å². The number of hydrogen-bond acceptors (Lipinski definition) is 3. The van der Waals surface area contributed by atoms with Crippen LogP contribution in [0.3, 0.4) is 0 Å². The molecule has 1 unspecified atom stereocenters. The Bertz CT molecular complexity index is 444. The van der Waals surface area contributed by atoms with Crippen molar-refractivity contribution in [3.05, 3.63) is 40.1 Å². The number of rotatable bonds is 3. The molecular weight excluding hydrogens is 206 g/mol. The van der Waals surface area contributed by atoms with Crippen LogP contribution in [0.2, 0.25) is 0 Å². The fourth-order valence-electron chi connectivity index (χ4n) is 1.65. The van der Waals surface area contributed by atoms with E-state index in [1.807, 2.05) is 24.0 Å². The van der Waals surface area contributed by atoms with Gasteiger partial charge in [-0.15, -0.1) is 11.3 Å². The number of nitrogens with two attached hydrogens (primary N) is 1. The summed E-state index contributed by atoms with van der Waals surface area (Å²) in [6.07, 6.45) is 4.55. The molecule has 2 aromatic rings. The van der Waals surface area contributed by atoms with Crippen LogP contribution < -0.4 is 5.73 Å². The van der Waals surface area contributed by atoms with Gasteiger partial charge in [0, 0.05) is 36.8 Å². The van der Waals surface area contributed by atoms with Gasteiger partial charge in [-0.2, -0.15) is 0 Å². The Kier molecular flexibility index (Phi) is 2.88. The monoisotopic (exact) mass is 221 g/mol. The number of aryl methyl sites for hydroxylation is 2. The van der Waals surface area contributed by atoms with E-state index in [-0.39, 0.29) is 6.04 Å². The van der Waals surface area contributed by atoms with Gasteiger partial charge in [-0.3, -0.25) is 0 Å². The highest BCUT2D eigenvalue weighted by Gasteiger charge is 2.13. The van der Waals surface area contributed by atoms with E-state index in [0.717, 1.165) is 12.2 Å². The lowest BCUT2D eigenvalue weighted by Crippen LogP contribution is -2.15. The third-order valence-electron chi connectivity index (χ3n) is 2.56. The van der Waals surface area contributed by atoms with Gasteiger partial charge < -0.3 is 10.3 Å². The van der Waals surface area contributed by atoms with E-state index < -0.39 is 0 Å². The average molecular weight is 221 g/mol. The first-order chi connectivity index (χ1) is 7.18. The quantitative estimate of drug-likeness (QED) is 0.862. The molecule has 3 nitrogen and oxygen atoms in total. The molecule has 0 aromatic carbocycles. The van der Waals surface area contributed by atoms with Crippen LogP contribution in [0.15, 0.2) is 23.8 Å². The summed E-state index contributed by atoms with van der Waals surface area (Å²) in [7, 11) is 2.00. The van der Waals surface area contributed by atoms with Crippen LogP contribution in [-0.2, 0) is 13.5 Å². The minimum atomic E-state index is 0.0612.